The second-order valence-electron chi connectivity index (χ2n) is 4.05. The zero-order valence-electron chi connectivity index (χ0n) is 9.87. The van der Waals surface area contributed by atoms with Gasteiger partial charge in [-0.15, -0.1) is 0 Å². The number of hydrogen-bond acceptors (Lipinski definition) is 3. The molecule has 0 fully saturated rings. The number of rotatable bonds is 4. The van der Waals surface area contributed by atoms with E-state index in [1.165, 1.54) is 0 Å². The first-order valence-electron chi connectivity index (χ1n) is 5.74. The van der Waals surface area contributed by atoms with Gasteiger partial charge in [0.2, 0.25) is 0 Å². The number of aliphatic hydroxyl groups is 1. The number of nitrogens with zero attached hydrogens (tertiary/aromatic N) is 2. The second-order valence-corrected chi connectivity index (χ2v) is 4.05. The summed E-state index contributed by atoms with van der Waals surface area (Å²) in [5.74, 6) is 0. The lowest BCUT2D eigenvalue weighted by Gasteiger charge is -2.12. The van der Waals surface area contributed by atoms with Crippen molar-refractivity contribution in [2.24, 2.45) is 0 Å². The molecule has 0 aliphatic heterocycles. The van der Waals surface area contributed by atoms with E-state index in [0.29, 0.717) is 12.1 Å². The van der Waals surface area contributed by atoms with E-state index in [1.807, 2.05) is 36.0 Å². The zero-order chi connectivity index (χ0) is 12.3. The number of aromatic nitrogens is 2. The van der Waals surface area contributed by atoms with Gasteiger partial charge in [-0.25, -0.2) is 0 Å². The molecule has 1 unspecified atom stereocenters. The maximum Gasteiger partial charge on any atom is 0.0851 e. The lowest BCUT2D eigenvalue weighted by molar-refractivity contribution is 0.179. The largest absolute Gasteiger partial charge is 0.398 e. The quantitative estimate of drug-likeness (QED) is 0.788. The average Bonchev–Trinajstić information content (AvgIpc) is 2.77. The van der Waals surface area contributed by atoms with Crippen molar-refractivity contribution in [2.75, 3.05) is 5.73 Å². The molecule has 1 aromatic carbocycles. The van der Waals surface area contributed by atoms with E-state index >= 15 is 0 Å². The van der Waals surface area contributed by atoms with E-state index < -0.39 is 6.10 Å². The standard InChI is InChI=1S/C13H17N3O/c1-2-16-9-10(8-15-16)7-13(17)11-5-3-4-6-12(11)14/h3-6,8-9,13,17H,2,7,14H2,1H3. The first-order valence-corrected chi connectivity index (χ1v) is 5.74. The van der Waals surface area contributed by atoms with E-state index in [0.717, 1.165) is 17.7 Å². The van der Waals surface area contributed by atoms with Crippen molar-refractivity contribution in [1.29, 1.82) is 0 Å². The summed E-state index contributed by atoms with van der Waals surface area (Å²) in [5.41, 5.74) is 8.24. The molecule has 2 aromatic rings. The van der Waals surface area contributed by atoms with Crippen molar-refractivity contribution >= 4 is 5.69 Å². The molecule has 4 nitrogen and oxygen atoms in total. The molecule has 0 bridgehead atoms. The topological polar surface area (TPSA) is 64.1 Å². The van der Waals surface area contributed by atoms with E-state index in [9.17, 15) is 5.11 Å². The van der Waals surface area contributed by atoms with Gasteiger partial charge in [-0.3, -0.25) is 4.68 Å². The molecule has 0 saturated heterocycles. The number of hydrogen-bond donors (Lipinski definition) is 2. The van der Waals surface area contributed by atoms with Crippen LogP contribution in [0.3, 0.4) is 0 Å². The summed E-state index contributed by atoms with van der Waals surface area (Å²) in [6, 6.07) is 7.39. The van der Waals surface area contributed by atoms with Crippen LogP contribution in [0.4, 0.5) is 5.69 Å². The minimum atomic E-state index is -0.578. The van der Waals surface area contributed by atoms with Crippen LogP contribution in [0.1, 0.15) is 24.2 Å². The molecule has 0 saturated carbocycles. The van der Waals surface area contributed by atoms with Crippen LogP contribution in [0.2, 0.25) is 0 Å². The van der Waals surface area contributed by atoms with Gasteiger partial charge in [0.25, 0.3) is 0 Å². The highest BCUT2D eigenvalue weighted by molar-refractivity contribution is 5.47. The van der Waals surface area contributed by atoms with Gasteiger partial charge in [0.05, 0.1) is 12.3 Å². The molecule has 17 heavy (non-hydrogen) atoms. The van der Waals surface area contributed by atoms with Gasteiger partial charge in [-0.2, -0.15) is 5.10 Å². The zero-order valence-corrected chi connectivity index (χ0v) is 9.87. The Hall–Kier alpha value is -1.81. The van der Waals surface area contributed by atoms with Crippen molar-refractivity contribution < 1.29 is 5.11 Å². The molecule has 1 atom stereocenters. The molecule has 2 rings (SSSR count). The van der Waals surface area contributed by atoms with Gasteiger partial charge in [0.1, 0.15) is 0 Å². The Balaban J connectivity index is 2.11. The monoisotopic (exact) mass is 231 g/mol. The molecule has 1 heterocycles. The van der Waals surface area contributed by atoms with Crippen molar-refractivity contribution in [1.82, 2.24) is 9.78 Å². The molecule has 0 amide bonds. The summed E-state index contributed by atoms with van der Waals surface area (Å²) in [5, 5.41) is 14.3. The summed E-state index contributed by atoms with van der Waals surface area (Å²) >= 11 is 0. The number of nitrogen functional groups attached to an aromatic ring is 1. The Labute approximate surface area is 101 Å². The fourth-order valence-electron chi connectivity index (χ4n) is 1.83. The lowest BCUT2D eigenvalue weighted by Crippen LogP contribution is -2.04. The second kappa shape index (κ2) is 5.01. The number of aryl methyl sites for hydroxylation is 1. The average molecular weight is 231 g/mol. The molecule has 0 aliphatic rings. The van der Waals surface area contributed by atoms with Crippen molar-refractivity contribution in [3.63, 3.8) is 0 Å². The van der Waals surface area contributed by atoms with Gasteiger partial charge in [0.15, 0.2) is 0 Å². The van der Waals surface area contributed by atoms with E-state index in [-0.39, 0.29) is 0 Å². The van der Waals surface area contributed by atoms with Crippen LogP contribution in [-0.2, 0) is 13.0 Å². The summed E-state index contributed by atoms with van der Waals surface area (Å²) in [7, 11) is 0. The highest BCUT2D eigenvalue weighted by Crippen LogP contribution is 2.23. The third-order valence-corrected chi connectivity index (χ3v) is 2.79. The van der Waals surface area contributed by atoms with Crippen LogP contribution in [0, 0.1) is 0 Å². The summed E-state index contributed by atoms with van der Waals surface area (Å²) in [6.45, 7) is 2.87. The SMILES string of the molecule is CCn1cc(CC(O)c2ccccc2N)cn1. The van der Waals surface area contributed by atoms with Crippen LogP contribution in [0.15, 0.2) is 36.7 Å². The van der Waals surface area contributed by atoms with Crippen LogP contribution in [0.25, 0.3) is 0 Å². The van der Waals surface area contributed by atoms with Crippen molar-refractivity contribution in [3.8, 4) is 0 Å². The normalized spacial score (nSPS) is 12.6. The number of para-hydroxylation sites is 1. The molecule has 3 N–H and O–H groups in total. The Morgan fingerprint density at radius 1 is 1.41 bits per heavy atom. The Bertz CT molecular complexity index is 493. The number of aliphatic hydroxyl groups excluding tert-OH is 1. The Morgan fingerprint density at radius 3 is 2.82 bits per heavy atom. The highest BCUT2D eigenvalue weighted by atomic mass is 16.3. The Kier molecular flexibility index (Phi) is 3.44. The molecular weight excluding hydrogens is 214 g/mol. The van der Waals surface area contributed by atoms with E-state index in [1.54, 1.807) is 12.3 Å². The third kappa shape index (κ3) is 2.65. The van der Waals surface area contributed by atoms with Gasteiger partial charge < -0.3 is 10.8 Å². The predicted octanol–water partition coefficient (Wildman–Crippen LogP) is 1.76. The first kappa shape index (κ1) is 11.7. The van der Waals surface area contributed by atoms with E-state index in [2.05, 4.69) is 5.10 Å². The van der Waals surface area contributed by atoms with Crippen LogP contribution >= 0.6 is 0 Å². The molecule has 0 aliphatic carbocycles. The van der Waals surface area contributed by atoms with Gasteiger partial charge >= 0.3 is 0 Å². The minimum Gasteiger partial charge on any atom is -0.398 e. The molecule has 0 spiro atoms. The van der Waals surface area contributed by atoms with Crippen LogP contribution in [-0.4, -0.2) is 14.9 Å². The molecule has 4 heteroatoms. The fourth-order valence-corrected chi connectivity index (χ4v) is 1.83. The van der Waals surface area contributed by atoms with Gasteiger partial charge in [-0.05, 0) is 18.6 Å². The van der Waals surface area contributed by atoms with Crippen molar-refractivity contribution in [2.45, 2.75) is 26.0 Å². The van der Waals surface area contributed by atoms with Gasteiger partial charge in [0, 0.05) is 30.4 Å². The maximum absolute atomic E-state index is 10.1. The smallest absolute Gasteiger partial charge is 0.0851 e. The molecule has 90 valence electrons. The van der Waals surface area contributed by atoms with Gasteiger partial charge in [-0.1, -0.05) is 18.2 Å². The van der Waals surface area contributed by atoms with Crippen LogP contribution in [0.5, 0.6) is 0 Å². The fraction of sp³-hybridized carbons (Fsp3) is 0.308. The lowest BCUT2D eigenvalue weighted by atomic mass is 10.0. The number of nitrogens with two attached hydrogens (primary N) is 1. The van der Waals surface area contributed by atoms with Crippen LogP contribution < -0.4 is 5.73 Å². The highest BCUT2D eigenvalue weighted by Gasteiger charge is 2.12. The molecule has 1 aromatic heterocycles. The minimum absolute atomic E-state index is 0.536. The summed E-state index contributed by atoms with van der Waals surface area (Å²) < 4.78 is 1.84. The number of benzene rings is 1. The molecule has 0 radical (unpaired) electrons. The maximum atomic E-state index is 10.1. The van der Waals surface area contributed by atoms with E-state index in [4.69, 9.17) is 5.73 Å². The van der Waals surface area contributed by atoms with Crippen molar-refractivity contribution in [3.05, 3.63) is 47.8 Å². The third-order valence-electron chi connectivity index (χ3n) is 2.79. The number of anilines is 1. The summed E-state index contributed by atoms with van der Waals surface area (Å²) in [6.07, 6.45) is 3.69. The predicted molar refractivity (Wildman–Crippen MR) is 67.4 cm³/mol. The first-order chi connectivity index (χ1) is 8.20. The Morgan fingerprint density at radius 2 is 2.18 bits per heavy atom. The summed E-state index contributed by atoms with van der Waals surface area (Å²) in [4.78, 5) is 0. The molecular formula is C13H17N3O.